The molecule has 0 radical (unpaired) electrons. The van der Waals surface area contributed by atoms with E-state index in [4.69, 9.17) is 11.6 Å². The van der Waals surface area contributed by atoms with Crippen molar-refractivity contribution in [3.8, 4) is 0 Å². The molecule has 5 heteroatoms. The van der Waals surface area contributed by atoms with Crippen LogP contribution >= 0.6 is 23.5 Å². The molecule has 166 valence electrons. The van der Waals surface area contributed by atoms with E-state index in [0.29, 0.717) is 23.3 Å². The van der Waals surface area contributed by atoms with Gasteiger partial charge in [0, 0.05) is 32.2 Å². The first-order valence-corrected chi connectivity index (χ1v) is 13.2. The highest BCUT2D eigenvalue weighted by atomic mass is 35.5. The maximum absolute atomic E-state index is 6.24. The van der Waals surface area contributed by atoms with Crippen molar-refractivity contribution in [3.05, 3.63) is 23.8 Å². The third kappa shape index (κ3) is 6.49. The second-order valence-corrected chi connectivity index (χ2v) is 11.8. The normalized spacial score (nSPS) is 32.0. The number of likely N-dealkylation sites (tertiary alicyclic amines) is 1. The van der Waals surface area contributed by atoms with Gasteiger partial charge in [-0.3, -0.25) is 4.31 Å². The Bertz CT molecular complexity index is 589. The maximum Gasteiger partial charge on any atom is 0.0553 e. The van der Waals surface area contributed by atoms with E-state index in [9.17, 15) is 0 Å². The number of piperidine rings is 1. The lowest BCUT2D eigenvalue weighted by Gasteiger charge is -2.46. The fourth-order valence-electron chi connectivity index (χ4n) is 5.35. The highest BCUT2D eigenvalue weighted by Gasteiger charge is 2.38. The van der Waals surface area contributed by atoms with Gasteiger partial charge < -0.3 is 10.2 Å². The second kappa shape index (κ2) is 10.5. The average molecular weight is 440 g/mol. The van der Waals surface area contributed by atoms with Crippen LogP contribution in [-0.4, -0.2) is 66.1 Å². The van der Waals surface area contributed by atoms with Crippen LogP contribution in [0.1, 0.15) is 47.0 Å². The van der Waals surface area contributed by atoms with Crippen molar-refractivity contribution in [2.24, 2.45) is 23.2 Å². The molecule has 3 nitrogen and oxygen atoms in total. The van der Waals surface area contributed by atoms with Gasteiger partial charge in [-0.2, -0.15) is 0 Å². The number of halogens is 1. The van der Waals surface area contributed by atoms with Crippen LogP contribution in [0.25, 0.3) is 0 Å². The lowest BCUT2D eigenvalue weighted by molar-refractivity contribution is 0.0628. The molecule has 3 rings (SSSR count). The Morgan fingerprint density at radius 1 is 1.28 bits per heavy atom. The summed E-state index contributed by atoms with van der Waals surface area (Å²) in [6, 6.07) is 0.580. The number of nitrogens with one attached hydrogen (secondary N) is 1. The van der Waals surface area contributed by atoms with E-state index >= 15 is 0 Å². The Hall–Kier alpha value is 0. The first kappa shape index (κ1) is 23.7. The molecule has 29 heavy (non-hydrogen) atoms. The Kier molecular flexibility index (Phi) is 8.60. The zero-order valence-electron chi connectivity index (χ0n) is 19.2. The highest BCUT2D eigenvalue weighted by Crippen LogP contribution is 2.41. The molecule has 0 aromatic heterocycles. The van der Waals surface area contributed by atoms with Crippen LogP contribution in [0.2, 0.25) is 0 Å². The first-order valence-electron chi connectivity index (χ1n) is 11.6. The van der Waals surface area contributed by atoms with Gasteiger partial charge in [0.2, 0.25) is 0 Å². The number of rotatable bonds is 8. The van der Waals surface area contributed by atoms with E-state index in [1.807, 2.05) is 11.9 Å². The molecule has 0 bridgehead atoms. The fourth-order valence-corrected chi connectivity index (χ4v) is 6.16. The van der Waals surface area contributed by atoms with E-state index in [0.717, 1.165) is 18.9 Å². The summed E-state index contributed by atoms with van der Waals surface area (Å²) >= 11 is 8.14. The molecule has 1 N–H and O–H groups in total. The lowest BCUT2D eigenvalue weighted by Crippen LogP contribution is -2.52. The SMILES string of the molecule is CSN1CC[C@@H](CN[C@@H](CN2CC[C@H](C3=CCC(Cl)C=C3)C(C)(C)C2)C(C)C)C1. The van der Waals surface area contributed by atoms with Crippen LogP contribution < -0.4 is 5.32 Å². The van der Waals surface area contributed by atoms with E-state index in [2.05, 4.69) is 66.7 Å². The molecule has 2 fully saturated rings. The van der Waals surface area contributed by atoms with Crippen molar-refractivity contribution in [2.75, 3.05) is 45.5 Å². The minimum Gasteiger partial charge on any atom is -0.312 e. The van der Waals surface area contributed by atoms with Crippen molar-refractivity contribution in [3.63, 3.8) is 0 Å². The van der Waals surface area contributed by atoms with Crippen molar-refractivity contribution in [2.45, 2.75) is 58.4 Å². The average Bonchev–Trinajstić information content (AvgIpc) is 3.13. The molecule has 4 atom stereocenters. The molecule has 0 aromatic rings. The molecule has 1 aliphatic carbocycles. The van der Waals surface area contributed by atoms with Crippen molar-refractivity contribution in [1.29, 1.82) is 0 Å². The fraction of sp³-hybridized carbons (Fsp3) is 0.833. The van der Waals surface area contributed by atoms with Gasteiger partial charge >= 0.3 is 0 Å². The minimum atomic E-state index is 0.183. The van der Waals surface area contributed by atoms with Gasteiger partial charge in [0.15, 0.2) is 0 Å². The molecule has 2 aliphatic heterocycles. The van der Waals surface area contributed by atoms with Gasteiger partial charge in [0.25, 0.3) is 0 Å². The highest BCUT2D eigenvalue weighted by molar-refractivity contribution is 7.96. The van der Waals surface area contributed by atoms with Gasteiger partial charge in [-0.15, -0.1) is 11.6 Å². The zero-order chi connectivity index (χ0) is 21.0. The monoisotopic (exact) mass is 439 g/mol. The zero-order valence-corrected chi connectivity index (χ0v) is 20.7. The van der Waals surface area contributed by atoms with E-state index in [1.165, 1.54) is 51.1 Å². The van der Waals surface area contributed by atoms with Gasteiger partial charge in [0.05, 0.1) is 5.38 Å². The number of hydrogen-bond donors (Lipinski definition) is 1. The van der Waals surface area contributed by atoms with Gasteiger partial charge in [-0.05, 0) is 67.3 Å². The maximum atomic E-state index is 6.24. The van der Waals surface area contributed by atoms with Crippen LogP contribution in [0.15, 0.2) is 23.8 Å². The summed E-state index contributed by atoms with van der Waals surface area (Å²) < 4.78 is 2.50. The molecule has 2 saturated heterocycles. The molecular weight excluding hydrogens is 398 g/mol. The predicted octanol–water partition coefficient (Wildman–Crippen LogP) is 5.04. The summed E-state index contributed by atoms with van der Waals surface area (Å²) in [6.07, 6.45) is 12.6. The Labute approximate surface area is 188 Å². The van der Waals surface area contributed by atoms with Crippen LogP contribution in [0, 0.1) is 23.2 Å². The summed E-state index contributed by atoms with van der Waals surface area (Å²) in [4.78, 5) is 2.72. The summed E-state index contributed by atoms with van der Waals surface area (Å²) in [5.41, 5.74) is 1.82. The number of nitrogens with zero attached hydrogens (tertiary/aromatic N) is 2. The topological polar surface area (TPSA) is 18.5 Å². The van der Waals surface area contributed by atoms with Gasteiger partial charge in [-0.1, -0.05) is 57.9 Å². The summed E-state index contributed by atoms with van der Waals surface area (Å²) in [6.45, 7) is 16.9. The number of allylic oxidation sites excluding steroid dienone is 4. The van der Waals surface area contributed by atoms with E-state index < -0.39 is 0 Å². The quantitative estimate of drug-likeness (QED) is 0.421. The van der Waals surface area contributed by atoms with E-state index in [-0.39, 0.29) is 5.38 Å². The number of alkyl halides is 1. The predicted molar refractivity (Wildman–Crippen MR) is 130 cm³/mol. The number of hydrogen-bond acceptors (Lipinski definition) is 4. The van der Waals surface area contributed by atoms with Crippen LogP contribution in [-0.2, 0) is 0 Å². The summed E-state index contributed by atoms with van der Waals surface area (Å²) in [5, 5.41) is 4.13. The van der Waals surface area contributed by atoms with Crippen molar-refractivity contribution < 1.29 is 0 Å². The molecule has 0 aromatic carbocycles. The molecule has 2 heterocycles. The van der Waals surface area contributed by atoms with Gasteiger partial charge in [0.1, 0.15) is 0 Å². The molecule has 3 aliphatic rings. The standard InChI is InChI=1S/C24H42ClN3S/c1-18(2)23(26-14-19-10-13-28(15-19)29-5)16-27-12-11-22(24(3,4)17-27)20-6-8-21(25)9-7-20/h6-8,18-19,21-23,26H,9-17H2,1-5H3/t19-,21?,22+,23-/m0/s1. The van der Waals surface area contributed by atoms with Crippen LogP contribution in [0.5, 0.6) is 0 Å². The Morgan fingerprint density at radius 2 is 2.07 bits per heavy atom. The molecule has 1 unspecified atom stereocenters. The molecule has 0 amide bonds. The second-order valence-electron chi connectivity index (χ2n) is 10.4. The van der Waals surface area contributed by atoms with Crippen molar-refractivity contribution in [1.82, 2.24) is 14.5 Å². The van der Waals surface area contributed by atoms with Crippen LogP contribution in [0.4, 0.5) is 0 Å². The summed E-state index contributed by atoms with van der Waals surface area (Å²) in [5.74, 6) is 2.13. The largest absolute Gasteiger partial charge is 0.312 e. The van der Waals surface area contributed by atoms with Crippen LogP contribution in [0.3, 0.4) is 0 Å². The van der Waals surface area contributed by atoms with Gasteiger partial charge in [-0.25, -0.2) is 0 Å². The third-order valence-electron chi connectivity index (χ3n) is 7.22. The van der Waals surface area contributed by atoms with E-state index in [1.54, 1.807) is 0 Å². The molecule has 0 spiro atoms. The Balaban J connectivity index is 1.52. The van der Waals surface area contributed by atoms with Crippen molar-refractivity contribution >= 4 is 23.5 Å². The first-order chi connectivity index (χ1) is 13.8. The minimum absolute atomic E-state index is 0.183. The lowest BCUT2D eigenvalue weighted by atomic mass is 9.69. The third-order valence-corrected chi connectivity index (χ3v) is 8.39. The Morgan fingerprint density at radius 3 is 2.66 bits per heavy atom. The molecule has 0 saturated carbocycles. The molecular formula is C24H42ClN3S. The smallest absolute Gasteiger partial charge is 0.0553 e. The summed E-state index contributed by atoms with van der Waals surface area (Å²) in [7, 11) is 0.